The van der Waals surface area contributed by atoms with Crippen LogP contribution in [0.3, 0.4) is 0 Å². The number of aryl methyl sites for hydroxylation is 1. The van der Waals surface area contributed by atoms with Gasteiger partial charge in [-0.05, 0) is 75.9 Å². The van der Waals surface area contributed by atoms with Crippen LogP contribution in [0.1, 0.15) is 66.7 Å². The van der Waals surface area contributed by atoms with Crippen molar-refractivity contribution in [1.29, 1.82) is 0 Å². The molecule has 9 nitrogen and oxygen atoms in total. The molecular weight excluding hydrogens is 522 g/mol. The van der Waals surface area contributed by atoms with E-state index < -0.39 is 11.7 Å². The van der Waals surface area contributed by atoms with E-state index in [9.17, 15) is 9.59 Å². The maximum Gasteiger partial charge on any atom is 0.419 e. The number of likely N-dealkylation sites (tertiary alicyclic amines) is 1. The first-order valence-electron chi connectivity index (χ1n) is 14.2. The molecule has 5 rings (SSSR count). The Morgan fingerprint density at radius 1 is 1.07 bits per heavy atom. The molecule has 2 fully saturated rings. The molecule has 0 aliphatic carbocycles. The van der Waals surface area contributed by atoms with Crippen molar-refractivity contribution in [3.05, 3.63) is 64.8 Å². The fourth-order valence-corrected chi connectivity index (χ4v) is 5.90. The highest BCUT2D eigenvalue weighted by atomic mass is 16.6. The van der Waals surface area contributed by atoms with Crippen molar-refractivity contribution in [3.63, 3.8) is 0 Å². The van der Waals surface area contributed by atoms with E-state index in [1.54, 1.807) is 17.9 Å². The Balaban J connectivity index is 1.49. The number of aromatic nitrogens is 1. The zero-order valence-corrected chi connectivity index (χ0v) is 24.9. The Kier molecular flexibility index (Phi) is 8.40. The lowest BCUT2D eigenvalue weighted by Crippen LogP contribution is -2.53. The molecule has 41 heavy (non-hydrogen) atoms. The maximum atomic E-state index is 13.1. The number of carbonyl (C=O) groups excluding carboxylic acids is 2. The topological polar surface area (TPSA) is 91.3 Å². The van der Waals surface area contributed by atoms with Gasteiger partial charge in [-0.1, -0.05) is 12.1 Å². The molecule has 1 aromatic heterocycles. The van der Waals surface area contributed by atoms with Gasteiger partial charge in [0.25, 0.3) is 0 Å². The molecule has 0 radical (unpaired) electrons. The Bertz CT molecular complexity index is 1400. The molecule has 2 saturated heterocycles. The summed E-state index contributed by atoms with van der Waals surface area (Å²) >= 11 is 0. The van der Waals surface area contributed by atoms with Crippen LogP contribution in [0.4, 0.5) is 4.79 Å². The number of nitrogens with zero attached hydrogens (tertiary/aromatic N) is 2. The van der Waals surface area contributed by atoms with Gasteiger partial charge in [0.05, 0.1) is 44.6 Å². The molecule has 1 N–H and O–H groups in total. The SMILES string of the molecule is COC(=O)c1ccc([C@H]2C[C@H](NC3COC3)CCN2Cc2c(OC)cc(C)c3c2ccn3C(=O)OC(C)(C)C)cc1. The summed E-state index contributed by atoms with van der Waals surface area (Å²) in [5.74, 6) is 0.450. The van der Waals surface area contributed by atoms with E-state index in [4.69, 9.17) is 18.9 Å². The molecule has 2 aliphatic rings. The number of esters is 1. The predicted octanol–water partition coefficient (Wildman–Crippen LogP) is 5.22. The minimum Gasteiger partial charge on any atom is -0.496 e. The smallest absolute Gasteiger partial charge is 0.419 e. The number of benzene rings is 2. The van der Waals surface area contributed by atoms with E-state index in [-0.39, 0.29) is 12.0 Å². The van der Waals surface area contributed by atoms with Crippen LogP contribution in [0, 0.1) is 6.92 Å². The molecule has 0 amide bonds. The highest BCUT2D eigenvalue weighted by Crippen LogP contribution is 2.38. The third-order valence-electron chi connectivity index (χ3n) is 7.94. The van der Waals surface area contributed by atoms with Crippen LogP contribution >= 0.6 is 0 Å². The fraction of sp³-hybridized carbons (Fsp3) is 0.500. The first kappa shape index (κ1) is 29.1. The largest absolute Gasteiger partial charge is 0.496 e. The molecule has 2 aromatic carbocycles. The van der Waals surface area contributed by atoms with Crippen molar-refractivity contribution in [2.45, 2.75) is 70.8 Å². The lowest BCUT2D eigenvalue weighted by atomic mass is 9.89. The van der Waals surface area contributed by atoms with Crippen LogP contribution in [-0.4, -0.2) is 73.2 Å². The Morgan fingerprint density at radius 3 is 2.41 bits per heavy atom. The van der Waals surface area contributed by atoms with Crippen LogP contribution in [0.25, 0.3) is 10.9 Å². The van der Waals surface area contributed by atoms with Crippen LogP contribution in [-0.2, 0) is 20.8 Å². The molecule has 3 aromatic rings. The molecule has 0 unspecified atom stereocenters. The standard InChI is InChI=1S/C32H41N3O6/c1-20-15-28(38-5)26(25-12-14-35(29(20)25)31(37)41-32(2,3)4)17-34-13-11-23(33-24-18-40-19-24)16-27(34)21-7-9-22(10-8-21)30(36)39-6/h7-10,12,14-15,23-24,27,33H,11,13,16-19H2,1-6H3/t23-,27-/m1/s1. The molecule has 0 saturated carbocycles. The number of nitrogens with one attached hydrogen (secondary N) is 1. The molecule has 9 heteroatoms. The molecular formula is C32H41N3O6. The first-order valence-corrected chi connectivity index (χ1v) is 14.2. The molecule has 0 spiro atoms. The second-order valence-electron chi connectivity index (χ2n) is 12.0. The van der Waals surface area contributed by atoms with Crippen molar-refractivity contribution in [3.8, 4) is 5.75 Å². The average Bonchev–Trinajstić information content (AvgIpc) is 3.38. The Morgan fingerprint density at radius 2 is 1.80 bits per heavy atom. The molecule has 3 heterocycles. The van der Waals surface area contributed by atoms with Crippen molar-refractivity contribution >= 4 is 23.0 Å². The normalized spacial score (nSPS) is 20.0. The zero-order chi connectivity index (χ0) is 29.3. The summed E-state index contributed by atoms with van der Waals surface area (Å²) in [6, 6.07) is 12.6. The summed E-state index contributed by atoms with van der Waals surface area (Å²) in [6.07, 6.45) is 3.31. The summed E-state index contributed by atoms with van der Waals surface area (Å²) in [4.78, 5) is 27.6. The van der Waals surface area contributed by atoms with Gasteiger partial charge >= 0.3 is 12.1 Å². The van der Waals surface area contributed by atoms with Gasteiger partial charge in [0, 0.05) is 42.3 Å². The third kappa shape index (κ3) is 6.27. The van der Waals surface area contributed by atoms with Crippen molar-refractivity contribution < 1.29 is 28.5 Å². The lowest BCUT2D eigenvalue weighted by Gasteiger charge is -2.42. The quantitative estimate of drug-likeness (QED) is 0.391. The average molecular weight is 564 g/mol. The molecule has 2 aliphatic heterocycles. The number of fused-ring (bicyclic) bond motifs is 1. The van der Waals surface area contributed by atoms with E-state index in [0.717, 1.165) is 65.9 Å². The number of hydrogen-bond acceptors (Lipinski definition) is 8. The summed E-state index contributed by atoms with van der Waals surface area (Å²) in [6.45, 7) is 10.6. The summed E-state index contributed by atoms with van der Waals surface area (Å²) in [5, 5.41) is 4.74. The molecule has 2 atom stereocenters. The molecule has 0 bridgehead atoms. The minimum absolute atomic E-state index is 0.114. The van der Waals surface area contributed by atoms with Gasteiger partial charge < -0.3 is 24.3 Å². The van der Waals surface area contributed by atoms with Crippen LogP contribution < -0.4 is 10.1 Å². The van der Waals surface area contributed by atoms with Crippen LogP contribution in [0.2, 0.25) is 0 Å². The van der Waals surface area contributed by atoms with E-state index >= 15 is 0 Å². The van der Waals surface area contributed by atoms with Gasteiger partial charge in [-0.25, -0.2) is 9.59 Å². The van der Waals surface area contributed by atoms with Crippen LogP contribution in [0.5, 0.6) is 5.75 Å². The van der Waals surface area contributed by atoms with Crippen molar-refractivity contribution in [1.82, 2.24) is 14.8 Å². The highest BCUT2D eigenvalue weighted by Gasteiger charge is 2.33. The van der Waals surface area contributed by atoms with Gasteiger partial charge in [-0.3, -0.25) is 9.47 Å². The number of hydrogen-bond donors (Lipinski definition) is 1. The Hall–Kier alpha value is -3.40. The van der Waals surface area contributed by atoms with Crippen molar-refractivity contribution in [2.24, 2.45) is 0 Å². The second kappa shape index (κ2) is 11.8. The van der Waals surface area contributed by atoms with Gasteiger partial charge in [0.2, 0.25) is 0 Å². The second-order valence-corrected chi connectivity index (χ2v) is 12.0. The van der Waals surface area contributed by atoms with E-state index in [0.29, 0.717) is 24.2 Å². The Labute approximate surface area is 241 Å². The number of ether oxygens (including phenoxy) is 4. The predicted molar refractivity (Wildman–Crippen MR) is 157 cm³/mol. The number of carbonyl (C=O) groups is 2. The van der Waals surface area contributed by atoms with E-state index in [2.05, 4.69) is 10.2 Å². The third-order valence-corrected chi connectivity index (χ3v) is 7.94. The van der Waals surface area contributed by atoms with Gasteiger partial charge in [0.1, 0.15) is 11.4 Å². The summed E-state index contributed by atoms with van der Waals surface area (Å²) in [5.41, 5.74) is 3.88. The van der Waals surface area contributed by atoms with E-state index in [1.165, 1.54) is 7.11 Å². The minimum atomic E-state index is -0.600. The fourth-order valence-electron chi connectivity index (χ4n) is 5.90. The number of rotatable bonds is 7. The zero-order valence-electron chi connectivity index (χ0n) is 24.9. The van der Waals surface area contributed by atoms with E-state index in [1.807, 2.05) is 64.1 Å². The lowest BCUT2D eigenvalue weighted by molar-refractivity contribution is -0.0168. The van der Waals surface area contributed by atoms with Crippen LogP contribution in [0.15, 0.2) is 42.6 Å². The van der Waals surface area contributed by atoms with Gasteiger partial charge in [-0.15, -0.1) is 0 Å². The maximum absolute atomic E-state index is 13.1. The number of piperidine rings is 1. The van der Waals surface area contributed by atoms with Gasteiger partial charge in [0.15, 0.2) is 0 Å². The number of methoxy groups -OCH3 is 2. The molecule has 220 valence electrons. The van der Waals surface area contributed by atoms with Crippen molar-refractivity contribution in [2.75, 3.05) is 34.0 Å². The first-order chi connectivity index (χ1) is 19.6. The monoisotopic (exact) mass is 563 g/mol. The summed E-state index contributed by atoms with van der Waals surface area (Å²) in [7, 11) is 3.08. The highest BCUT2D eigenvalue weighted by molar-refractivity contribution is 5.95. The summed E-state index contributed by atoms with van der Waals surface area (Å²) < 4.78 is 23.5. The van der Waals surface area contributed by atoms with Gasteiger partial charge in [-0.2, -0.15) is 0 Å².